The molecule has 1 aliphatic rings. The third-order valence-electron chi connectivity index (χ3n) is 2.27. The summed E-state index contributed by atoms with van der Waals surface area (Å²) in [6.45, 7) is 6.49. The van der Waals surface area contributed by atoms with E-state index in [0.29, 0.717) is 13.1 Å². The van der Waals surface area contributed by atoms with Gasteiger partial charge in [0.05, 0.1) is 17.5 Å². The lowest BCUT2D eigenvalue weighted by Crippen LogP contribution is -2.54. The molecule has 1 rings (SSSR count). The predicted molar refractivity (Wildman–Crippen MR) is 60.7 cm³/mol. The number of morpholine rings is 1. The van der Waals surface area contributed by atoms with E-state index in [-0.39, 0.29) is 17.7 Å². The molecule has 1 saturated heterocycles. The molecule has 0 radical (unpaired) electrons. The highest BCUT2D eigenvalue weighted by Gasteiger charge is 2.36. The molecule has 0 aromatic rings. The van der Waals surface area contributed by atoms with E-state index in [1.807, 2.05) is 20.8 Å². The van der Waals surface area contributed by atoms with Gasteiger partial charge in [0.25, 0.3) is 0 Å². The summed E-state index contributed by atoms with van der Waals surface area (Å²) >= 11 is 5.48. The highest BCUT2D eigenvalue weighted by Crippen LogP contribution is 2.23. The van der Waals surface area contributed by atoms with E-state index in [1.165, 1.54) is 4.31 Å². The van der Waals surface area contributed by atoms with Crippen LogP contribution in [0.5, 0.6) is 0 Å². The third-order valence-corrected chi connectivity index (χ3v) is 4.46. The van der Waals surface area contributed by atoms with Gasteiger partial charge in [0.2, 0.25) is 10.0 Å². The maximum atomic E-state index is 11.8. The average Bonchev–Trinajstić information content (AvgIpc) is 1.99. The summed E-state index contributed by atoms with van der Waals surface area (Å²) in [5.41, 5.74) is -0.420. The SMILES string of the molecule is CC1CN(S(=O)(=O)CCCl)CC(C)(C)O1. The Kier molecular flexibility index (Phi) is 4.03. The summed E-state index contributed by atoms with van der Waals surface area (Å²) < 4.78 is 30.7. The molecule has 1 heterocycles. The Labute approximate surface area is 96.6 Å². The average molecular weight is 256 g/mol. The van der Waals surface area contributed by atoms with Gasteiger partial charge in [-0.3, -0.25) is 0 Å². The Balaban J connectivity index is 2.79. The number of sulfonamides is 1. The van der Waals surface area contributed by atoms with Crippen LogP contribution in [0.2, 0.25) is 0 Å². The molecule has 0 bridgehead atoms. The molecule has 1 fully saturated rings. The summed E-state index contributed by atoms with van der Waals surface area (Å²) in [5, 5.41) is 0. The van der Waals surface area contributed by atoms with Crippen LogP contribution in [0.15, 0.2) is 0 Å². The number of alkyl halides is 1. The van der Waals surface area contributed by atoms with E-state index in [2.05, 4.69) is 0 Å². The van der Waals surface area contributed by atoms with Crippen molar-refractivity contribution in [1.29, 1.82) is 0 Å². The molecule has 15 heavy (non-hydrogen) atoms. The van der Waals surface area contributed by atoms with Crippen molar-refractivity contribution in [3.8, 4) is 0 Å². The molecule has 0 aliphatic carbocycles. The lowest BCUT2D eigenvalue weighted by Gasteiger charge is -2.40. The second-order valence-corrected chi connectivity index (χ2v) is 6.95. The molecule has 1 atom stereocenters. The second-order valence-electron chi connectivity index (χ2n) is 4.49. The van der Waals surface area contributed by atoms with Crippen LogP contribution in [0.1, 0.15) is 20.8 Å². The molecule has 1 unspecified atom stereocenters. The molecule has 0 aromatic carbocycles. The van der Waals surface area contributed by atoms with Crippen molar-refractivity contribution in [2.24, 2.45) is 0 Å². The highest BCUT2D eigenvalue weighted by atomic mass is 35.5. The monoisotopic (exact) mass is 255 g/mol. The fourth-order valence-corrected chi connectivity index (χ4v) is 3.82. The van der Waals surface area contributed by atoms with Crippen molar-refractivity contribution in [1.82, 2.24) is 4.31 Å². The maximum Gasteiger partial charge on any atom is 0.215 e. The second kappa shape index (κ2) is 4.57. The highest BCUT2D eigenvalue weighted by molar-refractivity contribution is 7.89. The molecular weight excluding hydrogens is 238 g/mol. The van der Waals surface area contributed by atoms with Gasteiger partial charge in [-0.2, -0.15) is 4.31 Å². The van der Waals surface area contributed by atoms with Crippen molar-refractivity contribution in [2.45, 2.75) is 32.5 Å². The molecule has 0 saturated carbocycles. The maximum absolute atomic E-state index is 11.8. The van der Waals surface area contributed by atoms with Gasteiger partial charge in [-0.15, -0.1) is 11.6 Å². The van der Waals surface area contributed by atoms with Crippen LogP contribution in [-0.2, 0) is 14.8 Å². The van der Waals surface area contributed by atoms with Gasteiger partial charge in [0.1, 0.15) is 0 Å². The van der Waals surface area contributed by atoms with E-state index in [9.17, 15) is 8.42 Å². The largest absolute Gasteiger partial charge is 0.370 e. The first-order chi connectivity index (χ1) is 6.77. The lowest BCUT2D eigenvalue weighted by atomic mass is 10.1. The van der Waals surface area contributed by atoms with Gasteiger partial charge in [0, 0.05) is 19.0 Å². The Morgan fingerprint density at radius 2 is 2.13 bits per heavy atom. The Hall–Kier alpha value is 0.160. The van der Waals surface area contributed by atoms with Crippen LogP contribution in [0, 0.1) is 0 Å². The topological polar surface area (TPSA) is 46.6 Å². The molecule has 90 valence electrons. The molecule has 0 amide bonds. The van der Waals surface area contributed by atoms with Crippen LogP contribution >= 0.6 is 11.6 Å². The number of ether oxygens (including phenoxy) is 1. The zero-order valence-corrected chi connectivity index (χ0v) is 10.9. The van der Waals surface area contributed by atoms with Crippen molar-refractivity contribution in [3.63, 3.8) is 0 Å². The normalized spacial score (nSPS) is 27.9. The Morgan fingerprint density at radius 3 is 2.60 bits per heavy atom. The van der Waals surface area contributed by atoms with Crippen molar-refractivity contribution >= 4 is 21.6 Å². The van der Waals surface area contributed by atoms with Crippen LogP contribution in [-0.4, -0.2) is 49.2 Å². The van der Waals surface area contributed by atoms with Crippen LogP contribution in [0.3, 0.4) is 0 Å². The quantitative estimate of drug-likeness (QED) is 0.709. The number of halogens is 1. The first-order valence-electron chi connectivity index (χ1n) is 4.98. The molecular formula is C9H18ClNO3S. The van der Waals surface area contributed by atoms with Gasteiger partial charge in [-0.1, -0.05) is 0 Å². The standard InChI is InChI=1S/C9H18ClNO3S/c1-8-6-11(7-9(2,3)14-8)15(12,13)5-4-10/h8H,4-7H2,1-3H3. The van der Waals surface area contributed by atoms with Gasteiger partial charge >= 0.3 is 0 Å². The summed E-state index contributed by atoms with van der Waals surface area (Å²) in [5.74, 6) is 0.131. The van der Waals surface area contributed by atoms with E-state index >= 15 is 0 Å². The van der Waals surface area contributed by atoms with Gasteiger partial charge in [0.15, 0.2) is 0 Å². The first kappa shape index (κ1) is 13.2. The van der Waals surface area contributed by atoms with Crippen molar-refractivity contribution in [2.75, 3.05) is 24.7 Å². The minimum absolute atomic E-state index is 0.00262. The van der Waals surface area contributed by atoms with E-state index in [0.717, 1.165) is 0 Å². The Bertz CT molecular complexity index is 315. The van der Waals surface area contributed by atoms with Crippen LogP contribution in [0.25, 0.3) is 0 Å². The van der Waals surface area contributed by atoms with E-state index in [1.54, 1.807) is 0 Å². The van der Waals surface area contributed by atoms with Gasteiger partial charge in [-0.25, -0.2) is 8.42 Å². The third kappa shape index (κ3) is 3.59. The van der Waals surface area contributed by atoms with Crippen LogP contribution < -0.4 is 0 Å². The molecule has 6 heteroatoms. The first-order valence-corrected chi connectivity index (χ1v) is 7.13. The fourth-order valence-electron chi connectivity index (χ4n) is 1.83. The summed E-state index contributed by atoms with van der Waals surface area (Å²) in [6, 6.07) is 0. The molecule has 1 aliphatic heterocycles. The van der Waals surface area contributed by atoms with Crippen molar-refractivity contribution in [3.05, 3.63) is 0 Å². The van der Waals surface area contributed by atoms with Crippen molar-refractivity contribution < 1.29 is 13.2 Å². The number of nitrogens with zero attached hydrogens (tertiary/aromatic N) is 1. The van der Waals surface area contributed by atoms with E-state index < -0.39 is 15.6 Å². The van der Waals surface area contributed by atoms with E-state index in [4.69, 9.17) is 16.3 Å². The minimum Gasteiger partial charge on any atom is -0.370 e. The molecule has 0 aromatic heterocycles. The summed E-state index contributed by atoms with van der Waals surface area (Å²) in [4.78, 5) is 0. The van der Waals surface area contributed by atoms with Gasteiger partial charge in [-0.05, 0) is 20.8 Å². The smallest absolute Gasteiger partial charge is 0.215 e. The Morgan fingerprint density at radius 1 is 1.53 bits per heavy atom. The lowest BCUT2D eigenvalue weighted by molar-refractivity contribution is -0.109. The fraction of sp³-hybridized carbons (Fsp3) is 1.00. The predicted octanol–water partition coefficient (Wildman–Crippen LogP) is 1.05. The van der Waals surface area contributed by atoms with Gasteiger partial charge < -0.3 is 4.74 Å². The minimum atomic E-state index is -3.22. The molecule has 4 nitrogen and oxygen atoms in total. The number of rotatable bonds is 3. The molecule has 0 N–H and O–H groups in total. The molecule has 0 spiro atoms. The zero-order valence-electron chi connectivity index (χ0n) is 9.36. The van der Waals surface area contributed by atoms with Crippen LogP contribution in [0.4, 0.5) is 0 Å². The summed E-state index contributed by atoms with van der Waals surface area (Å²) in [7, 11) is -3.22. The zero-order chi connectivity index (χ0) is 11.7. The number of hydrogen-bond donors (Lipinski definition) is 0. The summed E-state index contributed by atoms with van der Waals surface area (Å²) in [6.07, 6.45) is -0.0705. The number of hydrogen-bond acceptors (Lipinski definition) is 3.